The van der Waals surface area contributed by atoms with Crippen molar-refractivity contribution in [3.05, 3.63) is 36.2 Å². The molecule has 0 amide bonds. The van der Waals surface area contributed by atoms with Crippen molar-refractivity contribution in [2.45, 2.75) is 63.4 Å². The number of aryl methyl sites for hydroxylation is 1. The van der Waals surface area contributed by atoms with Crippen LogP contribution in [0.5, 0.6) is 11.6 Å². The average Bonchev–Trinajstić information content (AvgIpc) is 3.21. The lowest BCUT2D eigenvalue weighted by atomic mass is 9.74. The van der Waals surface area contributed by atoms with Crippen LogP contribution in [-0.4, -0.2) is 71.3 Å². The van der Waals surface area contributed by atoms with Crippen LogP contribution >= 0.6 is 0 Å². The minimum atomic E-state index is -1.07. The maximum Gasteiger partial charge on any atom is 0.233 e. The predicted molar refractivity (Wildman–Crippen MR) is 114 cm³/mol. The van der Waals surface area contributed by atoms with Gasteiger partial charge in [-0.2, -0.15) is 0 Å². The summed E-state index contributed by atoms with van der Waals surface area (Å²) in [5, 5.41) is 30.7. The van der Waals surface area contributed by atoms with E-state index in [4.69, 9.17) is 4.74 Å². The quantitative estimate of drug-likeness (QED) is 0.662. The molecule has 2 fully saturated rings. The molecule has 4 heterocycles. The van der Waals surface area contributed by atoms with Gasteiger partial charge in [-0.3, -0.25) is 4.90 Å². The molecule has 1 N–H and O–H groups in total. The van der Waals surface area contributed by atoms with Gasteiger partial charge in [-0.25, -0.2) is 4.39 Å². The number of tetrazole rings is 1. The van der Waals surface area contributed by atoms with E-state index in [1.807, 2.05) is 7.05 Å². The van der Waals surface area contributed by atoms with Crippen LogP contribution in [0, 0.1) is 6.92 Å². The van der Waals surface area contributed by atoms with Gasteiger partial charge in [0.15, 0.2) is 12.0 Å². The number of benzene rings is 1. The van der Waals surface area contributed by atoms with Gasteiger partial charge in [-0.05, 0) is 63.6 Å². The van der Waals surface area contributed by atoms with Crippen molar-refractivity contribution < 1.29 is 14.2 Å². The molecule has 2 bridgehead atoms. The Hall–Kier alpha value is -3.14. The highest BCUT2D eigenvalue weighted by Gasteiger charge is 2.51. The average molecular weight is 439 g/mol. The number of aromatic nitrogens is 6. The first-order chi connectivity index (χ1) is 15.3. The van der Waals surface area contributed by atoms with Crippen molar-refractivity contribution in [2.24, 2.45) is 0 Å². The Bertz CT molecular complexity index is 1120. The van der Waals surface area contributed by atoms with Crippen LogP contribution in [0.2, 0.25) is 0 Å². The zero-order chi connectivity index (χ0) is 22.5. The highest BCUT2D eigenvalue weighted by Crippen LogP contribution is 2.43. The molecule has 2 saturated heterocycles. The van der Waals surface area contributed by atoms with Gasteiger partial charge >= 0.3 is 0 Å². The van der Waals surface area contributed by atoms with E-state index in [9.17, 15) is 5.11 Å². The molecule has 168 valence electrons. The first-order valence-corrected chi connectivity index (χ1v) is 10.8. The van der Waals surface area contributed by atoms with Gasteiger partial charge in [0, 0.05) is 35.7 Å². The fourth-order valence-corrected chi connectivity index (χ4v) is 4.92. The van der Waals surface area contributed by atoms with Gasteiger partial charge in [-0.1, -0.05) is 0 Å². The summed E-state index contributed by atoms with van der Waals surface area (Å²) >= 11 is 0. The van der Waals surface area contributed by atoms with Crippen LogP contribution in [0.1, 0.15) is 38.4 Å². The molecule has 2 aliphatic heterocycles. The molecule has 4 atom stereocenters. The van der Waals surface area contributed by atoms with E-state index in [-0.39, 0.29) is 23.2 Å². The van der Waals surface area contributed by atoms with Crippen molar-refractivity contribution in [3.63, 3.8) is 0 Å². The molecule has 1 aromatic carbocycles. The second kappa shape index (κ2) is 7.77. The van der Waals surface area contributed by atoms with Crippen LogP contribution < -0.4 is 4.74 Å². The number of rotatable bonds is 4. The maximum atomic E-state index is 15.1. The monoisotopic (exact) mass is 439 g/mol. The Balaban J connectivity index is 1.32. The van der Waals surface area contributed by atoms with E-state index in [0.29, 0.717) is 29.2 Å². The number of phenols is 1. The minimum Gasteiger partial charge on any atom is -0.507 e. The molecule has 9 nitrogen and oxygen atoms in total. The Morgan fingerprint density at radius 2 is 2.03 bits per heavy atom. The molecular weight excluding hydrogens is 413 g/mol. The van der Waals surface area contributed by atoms with E-state index < -0.39 is 12.3 Å². The number of fused-ring (bicyclic) bond motifs is 2. The van der Waals surface area contributed by atoms with Crippen molar-refractivity contribution >= 4 is 0 Å². The van der Waals surface area contributed by atoms with E-state index >= 15 is 4.39 Å². The van der Waals surface area contributed by atoms with E-state index in [0.717, 1.165) is 19.3 Å². The third kappa shape index (κ3) is 3.58. The molecule has 10 heteroatoms. The molecule has 0 aliphatic carbocycles. The van der Waals surface area contributed by atoms with Crippen molar-refractivity contribution in [1.82, 2.24) is 35.3 Å². The largest absolute Gasteiger partial charge is 0.507 e. The first-order valence-electron chi connectivity index (χ1n) is 10.8. The molecule has 1 unspecified atom stereocenters. The minimum absolute atomic E-state index is 0.0142. The van der Waals surface area contributed by atoms with Gasteiger partial charge in [0.1, 0.15) is 11.9 Å². The fraction of sp³-hybridized carbons (Fsp3) is 0.500. The summed E-state index contributed by atoms with van der Waals surface area (Å²) < 4.78 is 21.1. The van der Waals surface area contributed by atoms with Crippen molar-refractivity contribution in [1.29, 1.82) is 0 Å². The van der Waals surface area contributed by atoms with Crippen LogP contribution in [-0.2, 0) is 0 Å². The topological polar surface area (TPSA) is 102 Å². The van der Waals surface area contributed by atoms with E-state index in [1.54, 1.807) is 31.2 Å². The second-order valence-corrected chi connectivity index (χ2v) is 8.96. The Kier molecular flexibility index (Phi) is 5.04. The summed E-state index contributed by atoms with van der Waals surface area (Å²) in [5.74, 6) is 0.833. The van der Waals surface area contributed by atoms with Crippen LogP contribution in [0.4, 0.5) is 4.39 Å². The highest BCUT2D eigenvalue weighted by atomic mass is 19.1. The fourth-order valence-electron chi connectivity index (χ4n) is 4.92. The molecule has 0 saturated carbocycles. The lowest BCUT2D eigenvalue weighted by Gasteiger charge is -2.54. The second-order valence-electron chi connectivity index (χ2n) is 8.96. The van der Waals surface area contributed by atoms with Crippen LogP contribution in [0.15, 0.2) is 30.3 Å². The number of piperidine rings is 2. The highest BCUT2D eigenvalue weighted by molar-refractivity contribution is 5.68. The summed E-state index contributed by atoms with van der Waals surface area (Å²) in [6, 6.07) is 8.26. The number of phenolic OH excluding ortho intramolecular Hbond substituents is 1. The van der Waals surface area contributed by atoms with Gasteiger partial charge in [0.25, 0.3) is 0 Å². The molecule has 5 rings (SSSR count). The third-order valence-corrected chi connectivity index (χ3v) is 6.84. The SMILES string of the molecule is Cc1nnn(-c2ccc(-c3ccc(O[C@@H]4C[C@@]5(C)CCCC([C@H]4F)N5C)nn3)c(O)c2)n1. The molecule has 0 spiro atoms. The predicted octanol–water partition coefficient (Wildman–Crippen LogP) is 2.87. The van der Waals surface area contributed by atoms with Crippen molar-refractivity contribution in [2.75, 3.05) is 7.05 Å². The number of hydrogen-bond acceptors (Lipinski definition) is 8. The number of aromatic hydroxyl groups is 1. The lowest BCUT2D eigenvalue weighted by Crippen LogP contribution is -2.65. The molecule has 2 aliphatic rings. The van der Waals surface area contributed by atoms with Gasteiger partial charge in [0.2, 0.25) is 5.88 Å². The van der Waals surface area contributed by atoms with E-state index in [2.05, 4.69) is 37.4 Å². The number of nitrogens with zero attached hydrogens (tertiary/aromatic N) is 7. The summed E-state index contributed by atoms with van der Waals surface area (Å²) in [7, 11) is 2.01. The summed E-state index contributed by atoms with van der Waals surface area (Å²) in [4.78, 5) is 3.52. The van der Waals surface area contributed by atoms with Crippen molar-refractivity contribution in [3.8, 4) is 28.6 Å². The maximum absolute atomic E-state index is 15.1. The summed E-state index contributed by atoms with van der Waals surface area (Å²) in [6.45, 7) is 3.92. The zero-order valence-electron chi connectivity index (χ0n) is 18.3. The van der Waals surface area contributed by atoms with E-state index in [1.165, 1.54) is 10.9 Å². The molecule has 0 radical (unpaired) electrons. The Labute approximate surface area is 185 Å². The first kappa shape index (κ1) is 20.7. The van der Waals surface area contributed by atoms with Gasteiger partial charge in [-0.15, -0.1) is 25.2 Å². The molecule has 3 aromatic rings. The zero-order valence-corrected chi connectivity index (χ0v) is 18.3. The number of hydrogen-bond donors (Lipinski definition) is 1. The van der Waals surface area contributed by atoms with Gasteiger partial charge < -0.3 is 9.84 Å². The summed E-state index contributed by atoms with van der Waals surface area (Å²) in [6.07, 6.45) is 1.92. The summed E-state index contributed by atoms with van der Waals surface area (Å²) in [5.41, 5.74) is 1.51. The molecule has 32 heavy (non-hydrogen) atoms. The number of ether oxygens (including phenoxy) is 1. The van der Waals surface area contributed by atoms with Gasteiger partial charge in [0.05, 0.1) is 11.4 Å². The lowest BCUT2D eigenvalue weighted by molar-refractivity contribution is -0.105. The Morgan fingerprint density at radius 1 is 1.19 bits per heavy atom. The smallest absolute Gasteiger partial charge is 0.233 e. The molecule has 2 aromatic heterocycles. The molecular formula is C22H26FN7O2. The number of alkyl halides is 1. The van der Waals surface area contributed by atoms with Crippen LogP contribution in [0.3, 0.4) is 0 Å². The number of halogens is 1. The Morgan fingerprint density at radius 3 is 2.72 bits per heavy atom. The third-order valence-electron chi connectivity index (χ3n) is 6.84. The normalized spacial score (nSPS) is 27.9. The standard InChI is InChI=1S/C22H26FN7O2/c1-13-24-28-30(27-13)14-6-7-15(18(31)11-14)16-8-9-20(26-25-16)32-19-12-22(2)10-4-5-17(21(19)23)29(22)3/h6-9,11,17,19,21,31H,4-5,10,12H2,1-3H3/t17?,19-,21-,22-/m1/s1. The van der Waals surface area contributed by atoms with Crippen LogP contribution in [0.25, 0.3) is 16.9 Å².